The molecular weight excluding hydrogens is 399 g/mol. The number of benzene rings is 1. The fourth-order valence-corrected chi connectivity index (χ4v) is 4.01. The fourth-order valence-electron chi connectivity index (χ4n) is 4.01. The van der Waals surface area contributed by atoms with E-state index in [9.17, 15) is 4.39 Å². The Hall–Kier alpha value is -3.75. The summed E-state index contributed by atoms with van der Waals surface area (Å²) in [5.74, 6) is 0.946. The van der Waals surface area contributed by atoms with E-state index in [1.165, 1.54) is 16.9 Å². The van der Waals surface area contributed by atoms with Gasteiger partial charge in [0.05, 0.1) is 17.8 Å². The first-order chi connectivity index (χ1) is 14.9. The number of ether oxygens (including phenoxy) is 1. The minimum atomic E-state index is -0.507. The SMILES string of the molecule is CCc1noc2c1-c1cnc(N)c(c1)OC(C)c1cc(F)ccc1-c1nn(C)nc1C2. The lowest BCUT2D eigenvalue weighted by Gasteiger charge is -2.20. The topological polar surface area (TPSA) is 105 Å². The van der Waals surface area contributed by atoms with Gasteiger partial charge in [-0.25, -0.2) is 9.37 Å². The molecule has 1 aliphatic heterocycles. The molecule has 0 saturated heterocycles. The van der Waals surface area contributed by atoms with Gasteiger partial charge in [-0.05, 0) is 37.6 Å². The lowest BCUT2D eigenvalue weighted by atomic mass is 9.96. The third-order valence-electron chi connectivity index (χ3n) is 5.46. The zero-order valence-electron chi connectivity index (χ0n) is 17.4. The molecule has 0 fully saturated rings. The highest BCUT2D eigenvalue weighted by Crippen LogP contribution is 2.39. The fraction of sp³-hybridized carbons (Fsp3) is 0.273. The molecular formula is C22H21FN6O2. The van der Waals surface area contributed by atoms with Crippen LogP contribution in [0.4, 0.5) is 10.2 Å². The molecule has 1 aliphatic rings. The second-order valence-electron chi connectivity index (χ2n) is 7.54. The molecule has 31 heavy (non-hydrogen) atoms. The molecule has 9 heteroatoms. The average molecular weight is 420 g/mol. The number of nitrogens with zero attached hydrogens (tertiary/aromatic N) is 5. The Labute approximate surface area is 177 Å². The van der Waals surface area contributed by atoms with E-state index < -0.39 is 6.10 Å². The molecule has 5 rings (SSSR count). The third-order valence-corrected chi connectivity index (χ3v) is 5.46. The summed E-state index contributed by atoms with van der Waals surface area (Å²) in [6, 6.07) is 6.38. The van der Waals surface area contributed by atoms with Crippen LogP contribution in [0.3, 0.4) is 0 Å². The quantitative estimate of drug-likeness (QED) is 0.498. The van der Waals surface area contributed by atoms with Crippen molar-refractivity contribution in [2.45, 2.75) is 32.8 Å². The Morgan fingerprint density at radius 2 is 2.10 bits per heavy atom. The van der Waals surface area contributed by atoms with Crippen LogP contribution in [-0.2, 0) is 19.9 Å². The van der Waals surface area contributed by atoms with Crippen molar-refractivity contribution in [3.8, 4) is 28.1 Å². The van der Waals surface area contributed by atoms with E-state index in [2.05, 4.69) is 20.3 Å². The standard InChI is InChI=1S/C22H21FN6O2/c1-4-16-20-12-7-19(22(24)25-10-12)30-11(2)15-8-13(23)5-6-14(15)21-17(26-29(3)27-21)9-18(20)31-28-16/h5-8,10-11H,4,9H2,1-3H3,(H2,24,25). The van der Waals surface area contributed by atoms with Crippen molar-refractivity contribution < 1.29 is 13.7 Å². The second kappa shape index (κ2) is 7.19. The summed E-state index contributed by atoms with van der Waals surface area (Å²) in [5.41, 5.74) is 11.3. The summed E-state index contributed by atoms with van der Waals surface area (Å²) >= 11 is 0. The molecule has 4 heterocycles. The highest BCUT2D eigenvalue weighted by Gasteiger charge is 2.26. The summed E-state index contributed by atoms with van der Waals surface area (Å²) in [6.45, 7) is 3.85. The number of nitrogens with two attached hydrogens (primary N) is 1. The summed E-state index contributed by atoms with van der Waals surface area (Å²) in [7, 11) is 1.75. The molecule has 0 saturated carbocycles. The summed E-state index contributed by atoms with van der Waals surface area (Å²) in [6.07, 6.45) is 2.23. The van der Waals surface area contributed by atoms with Gasteiger partial charge in [0.1, 0.15) is 17.6 Å². The van der Waals surface area contributed by atoms with Crippen LogP contribution in [0.1, 0.15) is 42.7 Å². The Bertz CT molecular complexity index is 1300. The minimum Gasteiger partial charge on any atom is -0.482 e. The number of anilines is 1. The monoisotopic (exact) mass is 420 g/mol. The molecule has 158 valence electrons. The van der Waals surface area contributed by atoms with Gasteiger partial charge in [0, 0.05) is 35.5 Å². The molecule has 0 radical (unpaired) electrons. The molecule has 8 nitrogen and oxygen atoms in total. The van der Waals surface area contributed by atoms with Crippen molar-refractivity contribution in [2.75, 3.05) is 5.73 Å². The molecule has 0 spiro atoms. The number of aryl methyl sites for hydroxylation is 2. The van der Waals surface area contributed by atoms with E-state index in [4.69, 9.17) is 15.0 Å². The second-order valence-corrected chi connectivity index (χ2v) is 7.54. The lowest BCUT2D eigenvalue weighted by Crippen LogP contribution is -2.09. The Balaban J connectivity index is 1.81. The predicted octanol–water partition coefficient (Wildman–Crippen LogP) is 3.86. The van der Waals surface area contributed by atoms with Crippen LogP contribution in [0, 0.1) is 5.82 Å². The number of hydrogen-bond donors (Lipinski definition) is 1. The highest BCUT2D eigenvalue weighted by molar-refractivity contribution is 5.73. The zero-order valence-corrected chi connectivity index (χ0v) is 17.4. The number of halogens is 1. The summed E-state index contributed by atoms with van der Waals surface area (Å²) in [4.78, 5) is 5.82. The molecule has 3 aromatic heterocycles. The van der Waals surface area contributed by atoms with Crippen molar-refractivity contribution in [1.29, 1.82) is 0 Å². The van der Waals surface area contributed by atoms with Crippen LogP contribution in [0.2, 0.25) is 0 Å². The van der Waals surface area contributed by atoms with Crippen LogP contribution in [0.5, 0.6) is 5.75 Å². The number of nitrogen functional groups attached to an aromatic ring is 1. The van der Waals surface area contributed by atoms with E-state index in [-0.39, 0.29) is 11.6 Å². The Morgan fingerprint density at radius 3 is 2.90 bits per heavy atom. The van der Waals surface area contributed by atoms with Crippen LogP contribution in [0.15, 0.2) is 35.0 Å². The Kier molecular flexibility index (Phi) is 4.46. The van der Waals surface area contributed by atoms with E-state index in [0.29, 0.717) is 41.3 Å². The van der Waals surface area contributed by atoms with Gasteiger partial charge in [-0.1, -0.05) is 12.1 Å². The molecule has 4 aromatic rings. The van der Waals surface area contributed by atoms with E-state index >= 15 is 0 Å². The zero-order chi connectivity index (χ0) is 21.7. The maximum absolute atomic E-state index is 14.2. The van der Waals surface area contributed by atoms with Crippen molar-refractivity contribution >= 4 is 5.82 Å². The summed E-state index contributed by atoms with van der Waals surface area (Å²) < 4.78 is 26.1. The minimum absolute atomic E-state index is 0.252. The van der Waals surface area contributed by atoms with Crippen molar-refractivity contribution in [3.63, 3.8) is 0 Å². The lowest BCUT2D eigenvalue weighted by molar-refractivity contribution is 0.227. The van der Waals surface area contributed by atoms with E-state index in [1.54, 1.807) is 19.3 Å². The van der Waals surface area contributed by atoms with Crippen LogP contribution in [0.25, 0.3) is 22.4 Å². The normalized spacial score (nSPS) is 15.2. The predicted molar refractivity (Wildman–Crippen MR) is 112 cm³/mol. The van der Waals surface area contributed by atoms with Gasteiger partial charge in [-0.3, -0.25) is 0 Å². The van der Waals surface area contributed by atoms with Crippen LogP contribution >= 0.6 is 0 Å². The maximum Gasteiger partial charge on any atom is 0.166 e. The first kappa shape index (κ1) is 19.2. The number of fused-ring (bicyclic) bond motifs is 7. The van der Waals surface area contributed by atoms with Crippen molar-refractivity contribution in [2.24, 2.45) is 7.05 Å². The Morgan fingerprint density at radius 1 is 1.26 bits per heavy atom. The van der Waals surface area contributed by atoms with Gasteiger partial charge < -0.3 is 15.0 Å². The molecule has 2 N–H and O–H groups in total. The molecule has 2 bridgehead atoms. The first-order valence-electron chi connectivity index (χ1n) is 10.0. The number of hydrogen-bond acceptors (Lipinski definition) is 7. The smallest absolute Gasteiger partial charge is 0.166 e. The van der Waals surface area contributed by atoms with Gasteiger partial charge in [0.2, 0.25) is 0 Å². The summed E-state index contributed by atoms with van der Waals surface area (Å²) in [5, 5.41) is 13.4. The van der Waals surface area contributed by atoms with Crippen molar-refractivity contribution in [1.82, 2.24) is 25.1 Å². The maximum atomic E-state index is 14.2. The average Bonchev–Trinajstić information content (AvgIpc) is 3.32. The number of rotatable bonds is 1. The van der Waals surface area contributed by atoms with E-state index in [0.717, 1.165) is 22.4 Å². The molecule has 0 amide bonds. The van der Waals surface area contributed by atoms with Crippen LogP contribution in [-0.4, -0.2) is 25.1 Å². The largest absolute Gasteiger partial charge is 0.482 e. The molecule has 1 aromatic carbocycles. The van der Waals surface area contributed by atoms with Crippen molar-refractivity contribution in [3.05, 3.63) is 59.0 Å². The van der Waals surface area contributed by atoms with Gasteiger partial charge in [-0.15, -0.1) is 0 Å². The number of pyridine rings is 1. The van der Waals surface area contributed by atoms with Gasteiger partial charge in [-0.2, -0.15) is 15.0 Å². The molecule has 1 unspecified atom stereocenters. The van der Waals surface area contributed by atoms with Gasteiger partial charge >= 0.3 is 0 Å². The molecule has 0 aliphatic carbocycles. The number of aromatic nitrogens is 5. The van der Waals surface area contributed by atoms with Crippen LogP contribution < -0.4 is 10.5 Å². The van der Waals surface area contributed by atoms with Gasteiger partial charge in [0.15, 0.2) is 17.3 Å². The van der Waals surface area contributed by atoms with Gasteiger partial charge in [0.25, 0.3) is 0 Å². The van der Waals surface area contributed by atoms with E-state index in [1.807, 2.05) is 19.9 Å². The third kappa shape index (κ3) is 3.22. The molecule has 1 atom stereocenters. The first-order valence-corrected chi connectivity index (χ1v) is 10.0. The highest BCUT2D eigenvalue weighted by atomic mass is 19.1.